The van der Waals surface area contributed by atoms with Gasteiger partial charge in [0.15, 0.2) is 6.10 Å². The van der Waals surface area contributed by atoms with E-state index in [2.05, 4.69) is 123 Å². The Morgan fingerprint density at radius 2 is 0.840 bits per heavy atom. The Bertz CT molecular complexity index is 1100. The average molecular weight is 689 g/mol. The second-order valence-corrected chi connectivity index (χ2v) is 11.9. The molecule has 1 N–H and O–H groups in total. The number of rotatable bonds is 32. The second-order valence-electron chi connectivity index (χ2n) is 11.9. The summed E-state index contributed by atoms with van der Waals surface area (Å²) in [4.78, 5) is 24.2. The van der Waals surface area contributed by atoms with Crippen molar-refractivity contribution in [3.63, 3.8) is 0 Å². The first kappa shape index (κ1) is 46.3. The zero-order valence-corrected chi connectivity index (χ0v) is 31.3. The highest BCUT2D eigenvalue weighted by Gasteiger charge is 2.15. The van der Waals surface area contributed by atoms with Gasteiger partial charge in [-0.2, -0.15) is 0 Å². The lowest BCUT2D eigenvalue weighted by molar-refractivity contribution is -0.161. The maximum atomic E-state index is 12.1. The van der Waals surface area contributed by atoms with Crippen LogP contribution in [-0.4, -0.2) is 36.4 Å². The highest BCUT2D eigenvalue weighted by atomic mass is 16.6. The molecular formula is C45H68O5. The molecule has 50 heavy (non-hydrogen) atoms. The first-order valence-electron chi connectivity index (χ1n) is 19.1. The highest BCUT2D eigenvalue weighted by Crippen LogP contribution is 2.08. The summed E-state index contributed by atoms with van der Waals surface area (Å²) in [7, 11) is 0. The van der Waals surface area contributed by atoms with Gasteiger partial charge in [-0.25, -0.2) is 0 Å². The molecule has 0 fully saturated rings. The Labute approximate surface area is 305 Å². The summed E-state index contributed by atoms with van der Waals surface area (Å²) in [6, 6.07) is 0. The first-order valence-corrected chi connectivity index (χ1v) is 19.1. The molecule has 0 spiro atoms. The fourth-order valence-electron chi connectivity index (χ4n) is 4.45. The summed E-state index contributed by atoms with van der Waals surface area (Å²) < 4.78 is 10.5. The maximum absolute atomic E-state index is 12.1. The Kier molecular flexibility index (Phi) is 36.8. The average Bonchev–Trinajstić information content (AvgIpc) is 3.12. The summed E-state index contributed by atoms with van der Waals surface area (Å²) in [5.41, 5.74) is 0. The largest absolute Gasteiger partial charge is 0.462 e. The highest BCUT2D eigenvalue weighted by molar-refractivity contribution is 5.70. The number of carbonyl (C=O) groups excluding carboxylic acids is 2. The summed E-state index contributed by atoms with van der Waals surface area (Å²) in [5.74, 6) is -0.732. The van der Waals surface area contributed by atoms with Gasteiger partial charge in [0, 0.05) is 12.8 Å². The minimum absolute atomic E-state index is 0.118. The van der Waals surface area contributed by atoms with Gasteiger partial charge in [-0.1, -0.05) is 148 Å². The Morgan fingerprint density at radius 3 is 1.26 bits per heavy atom. The lowest BCUT2D eigenvalue weighted by atomic mass is 10.1. The molecule has 0 aromatic carbocycles. The molecule has 0 radical (unpaired) electrons. The molecule has 0 aromatic heterocycles. The van der Waals surface area contributed by atoms with E-state index in [4.69, 9.17) is 9.47 Å². The lowest BCUT2D eigenvalue weighted by Crippen LogP contribution is -2.28. The topological polar surface area (TPSA) is 72.8 Å². The Hall–Kier alpha value is -3.70. The monoisotopic (exact) mass is 689 g/mol. The van der Waals surface area contributed by atoms with Crippen LogP contribution in [0.1, 0.15) is 129 Å². The lowest BCUT2D eigenvalue weighted by Gasteiger charge is -2.15. The van der Waals surface area contributed by atoms with E-state index in [9.17, 15) is 14.7 Å². The maximum Gasteiger partial charge on any atom is 0.306 e. The van der Waals surface area contributed by atoms with Gasteiger partial charge in [0.2, 0.25) is 0 Å². The molecule has 0 aromatic rings. The summed E-state index contributed by atoms with van der Waals surface area (Å²) in [6.45, 7) is 3.79. The number of aliphatic hydroxyl groups excluding tert-OH is 1. The Morgan fingerprint density at radius 1 is 0.460 bits per heavy atom. The van der Waals surface area contributed by atoms with Crippen molar-refractivity contribution in [2.75, 3.05) is 13.2 Å². The number of carbonyl (C=O) groups is 2. The summed E-state index contributed by atoms with van der Waals surface area (Å²) >= 11 is 0. The van der Waals surface area contributed by atoms with Crippen molar-refractivity contribution in [3.8, 4) is 0 Å². The normalized spacial score (nSPS) is 13.6. The third-order valence-electron chi connectivity index (χ3n) is 7.26. The molecule has 0 bridgehead atoms. The molecule has 0 aliphatic heterocycles. The van der Waals surface area contributed by atoms with Gasteiger partial charge in [-0.3, -0.25) is 9.59 Å². The molecule has 0 amide bonds. The zero-order chi connectivity index (χ0) is 36.4. The number of unbranched alkanes of at least 4 members (excludes halogenated alkanes) is 4. The van der Waals surface area contributed by atoms with Gasteiger partial charge in [-0.15, -0.1) is 0 Å². The van der Waals surface area contributed by atoms with Gasteiger partial charge in [-0.05, 0) is 89.9 Å². The number of ether oxygens (including phenoxy) is 2. The van der Waals surface area contributed by atoms with E-state index in [1.165, 1.54) is 0 Å². The third kappa shape index (κ3) is 37.1. The standard InChI is InChI=1S/C45H68O5/c1-3-5-7-9-11-13-15-17-19-21-22-24-26-28-30-32-34-36-38-40-45(48)50-43(41-46)42-49-44(47)39-37-35-33-31-29-27-25-23-20-18-16-14-12-10-8-6-4-2/h5-8,11-14,17-20,22,24-25,27-28,30,34,36,43,46H,3-4,9-10,15-16,21,23,26,29,31-33,35,37-42H2,1-2H3. The van der Waals surface area contributed by atoms with E-state index in [1.807, 2.05) is 12.2 Å². The summed E-state index contributed by atoms with van der Waals surface area (Å²) in [6.07, 6.45) is 58.3. The van der Waals surface area contributed by atoms with Crippen molar-refractivity contribution in [2.45, 2.75) is 136 Å². The number of aliphatic hydroxyl groups is 1. The molecule has 278 valence electrons. The Balaban J connectivity index is 3.80. The molecule has 0 saturated heterocycles. The third-order valence-corrected chi connectivity index (χ3v) is 7.26. The van der Waals surface area contributed by atoms with Crippen molar-refractivity contribution in [2.24, 2.45) is 0 Å². The van der Waals surface area contributed by atoms with Gasteiger partial charge in [0.25, 0.3) is 0 Å². The fourth-order valence-corrected chi connectivity index (χ4v) is 4.45. The van der Waals surface area contributed by atoms with E-state index >= 15 is 0 Å². The van der Waals surface area contributed by atoms with Crippen LogP contribution < -0.4 is 0 Å². The molecule has 0 aliphatic carbocycles. The number of allylic oxidation sites excluding steroid dienone is 20. The molecule has 5 nitrogen and oxygen atoms in total. The molecule has 0 saturated carbocycles. The predicted octanol–water partition coefficient (Wildman–Crippen LogP) is 12.1. The van der Waals surface area contributed by atoms with E-state index in [-0.39, 0.29) is 25.6 Å². The zero-order valence-electron chi connectivity index (χ0n) is 31.3. The van der Waals surface area contributed by atoms with Crippen molar-refractivity contribution < 1.29 is 24.2 Å². The minimum Gasteiger partial charge on any atom is -0.462 e. The SMILES string of the molecule is CCC=CCC=CCC=CCC=CCC=CCC=CCCC(=O)OC(CO)COC(=O)CCCCCCC=CCC=CCC=CCC=CCC. The van der Waals surface area contributed by atoms with E-state index in [0.717, 1.165) is 96.3 Å². The molecule has 1 atom stereocenters. The van der Waals surface area contributed by atoms with Gasteiger partial charge in [0.05, 0.1) is 6.61 Å². The van der Waals surface area contributed by atoms with Gasteiger partial charge in [0.1, 0.15) is 6.61 Å². The number of hydrogen-bond acceptors (Lipinski definition) is 5. The predicted molar refractivity (Wildman–Crippen MR) is 214 cm³/mol. The van der Waals surface area contributed by atoms with E-state index in [0.29, 0.717) is 12.8 Å². The second kappa shape index (κ2) is 39.7. The molecule has 5 heteroatoms. The van der Waals surface area contributed by atoms with Crippen LogP contribution in [0, 0.1) is 0 Å². The van der Waals surface area contributed by atoms with Crippen LogP contribution in [0.4, 0.5) is 0 Å². The van der Waals surface area contributed by atoms with Crippen molar-refractivity contribution >= 4 is 11.9 Å². The van der Waals surface area contributed by atoms with Crippen LogP contribution >= 0.6 is 0 Å². The van der Waals surface area contributed by atoms with Gasteiger partial charge < -0.3 is 14.6 Å². The number of esters is 2. The van der Waals surface area contributed by atoms with Crippen LogP contribution in [0.3, 0.4) is 0 Å². The molecular weight excluding hydrogens is 620 g/mol. The van der Waals surface area contributed by atoms with Crippen molar-refractivity contribution in [1.82, 2.24) is 0 Å². The van der Waals surface area contributed by atoms with Crippen LogP contribution in [0.2, 0.25) is 0 Å². The van der Waals surface area contributed by atoms with Crippen LogP contribution in [0.5, 0.6) is 0 Å². The van der Waals surface area contributed by atoms with Crippen LogP contribution in [-0.2, 0) is 19.1 Å². The van der Waals surface area contributed by atoms with Crippen molar-refractivity contribution in [1.29, 1.82) is 0 Å². The summed E-state index contributed by atoms with van der Waals surface area (Å²) in [5, 5.41) is 9.54. The molecule has 1 unspecified atom stereocenters. The smallest absolute Gasteiger partial charge is 0.306 e. The van der Waals surface area contributed by atoms with Gasteiger partial charge >= 0.3 is 11.9 Å². The first-order chi connectivity index (χ1) is 24.6. The molecule has 0 heterocycles. The minimum atomic E-state index is -0.831. The van der Waals surface area contributed by atoms with Crippen LogP contribution in [0.15, 0.2) is 122 Å². The van der Waals surface area contributed by atoms with E-state index in [1.54, 1.807) is 0 Å². The molecule has 0 aliphatic rings. The molecule has 0 rings (SSSR count). The van der Waals surface area contributed by atoms with E-state index < -0.39 is 12.1 Å². The quantitative estimate of drug-likeness (QED) is 0.0433. The van der Waals surface area contributed by atoms with Crippen molar-refractivity contribution in [3.05, 3.63) is 122 Å². The fraction of sp³-hybridized carbons (Fsp3) is 0.511. The van der Waals surface area contributed by atoms with Crippen LogP contribution in [0.25, 0.3) is 0 Å². The number of hydrogen-bond donors (Lipinski definition) is 1.